The van der Waals surface area contributed by atoms with Gasteiger partial charge >= 0.3 is 5.97 Å². The second kappa shape index (κ2) is 10.3. The van der Waals surface area contributed by atoms with Crippen LogP contribution < -0.4 is 4.72 Å². The van der Waals surface area contributed by atoms with Gasteiger partial charge in [0.25, 0.3) is 0 Å². The summed E-state index contributed by atoms with van der Waals surface area (Å²) in [6.07, 6.45) is 2.41. The van der Waals surface area contributed by atoms with Crippen molar-refractivity contribution in [3.05, 3.63) is 41.2 Å². The molecular weight excluding hydrogens is 469 g/mol. The maximum atomic E-state index is 13.8. The average molecular weight is 502 g/mol. The van der Waals surface area contributed by atoms with Gasteiger partial charge in [-0.1, -0.05) is 20.3 Å². The first kappa shape index (κ1) is 26.6. The van der Waals surface area contributed by atoms with Crippen LogP contribution in [0.1, 0.15) is 51.5 Å². The molecule has 9 nitrogen and oxygen atoms in total. The van der Waals surface area contributed by atoms with Gasteiger partial charge in [0.15, 0.2) is 5.79 Å². The van der Waals surface area contributed by atoms with Crippen molar-refractivity contribution < 1.29 is 42.4 Å². The molecule has 1 aromatic rings. The molecule has 1 aliphatic carbocycles. The molecule has 3 rings (SSSR count). The lowest BCUT2D eigenvalue weighted by atomic mass is 9.93. The van der Waals surface area contributed by atoms with Gasteiger partial charge in [-0.3, -0.25) is 4.72 Å². The Labute approximate surface area is 198 Å². The molecule has 34 heavy (non-hydrogen) atoms. The first-order valence-corrected chi connectivity index (χ1v) is 13.0. The third kappa shape index (κ3) is 5.13. The summed E-state index contributed by atoms with van der Waals surface area (Å²) in [6.45, 7) is 2.78. The fraction of sp³-hybridized carbons (Fsp3) is 0.609. The van der Waals surface area contributed by atoms with Crippen molar-refractivity contribution in [2.24, 2.45) is 0 Å². The third-order valence-electron chi connectivity index (χ3n) is 6.55. The monoisotopic (exact) mass is 501 g/mol. The van der Waals surface area contributed by atoms with E-state index in [4.69, 9.17) is 9.47 Å². The second-order valence-electron chi connectivity index (χ2n) is 8.76. The van der Waals surface area contributed by atoms with Crippen LogP contribution in [0.15, 0.2) is 29.8 Å². The minimum atomic E-state index is -4.23. The molecule has 1 saturated heterocycles. The fourth-order valence-electron chi connectivity index (χ4n) is 4.58. The summed E-state index contributed by atoms with van der Waals surface area (Å²) in [7, 11) is -4.23. The number of sulfonamides is 1. The van der Waals surface area contributed by atoms with Gasteiger partial charge in [0.05, 0.1) is 24.5 Å². The summed E-state index contributed by atoms with van der Waals surface area (Å²) in [6, 6.07) is 3.75. The van der Waals surface area contributed by atoms with Gasteiger partial charge in [-0.25, -0.2) is 17.6 Å². The number of unbranched alkanes of at least 4 members (excludes halogenated alkanes) is 1. The maximum absolute atomic E-state index is 13.8. The number of aliphatic carboxylic acids is 1. The molecule has 0 amide bonds. The highest BCUT2D eigenvalue weighted by atomic mass is 32.2. The van der Waals surface area contributed by atoms with Crippen molar-refractivity contribution in [2.45, 2.75) is 75.1 Å². The number of carbonyl (C=O) groups is 1. The summed E-state index contributed by atoms with van der Waals surface area (Å²) in [4.78, 5) is 12.1. The van der Waals surface area contributed by atoms with Gasteiger partial charge in [-0.15, -0.1) is 0 Å². The smallest absolute Gasteiger partial charge is 0.332 e. The number of aliphatic hydroxyl groups is 2. The largest absolute Gasteiger partial charge is 0.478 e. The number of halogens is 1. The Bertz CT molecular complexity index is 1040. The Balaban J connectivity index is 1.94. The van der Waals surface area contributed by atoms with E-state index in [1.54, 1.807) is 6.92 Å². The number of anilines is 1. The SMILES string of the molecule is CCCCc1cc(F)ccc1NS(=O)(=O)C1CCC2(C=C1C(=O)O)O[C@@H](CO)[C@](CC)(CO)O2. The van der Waals surface area contributed by atoms with Crippen molar-refractivity contribution in [3.8, 4) is 0 Å². The van der Waals surface area contributed by atoms with Crippen LogP contribution in [0.25, 0.3) is 0 Å². The molecule has 1 heterocycles. The molecule has 0 aromatic heterocycles. The number of carboxylic acid groups (broad SMARTS) is 1. The first-order chi connectivity index (χ1) is 16.0. The quantitative estimate of drug-likeness (QED) is 0.383. The molecule has 4 atom stereocenters. The van der Waals surface area contributed by atoms with E-state index in [-0.39, 0.29) is 18.5 Å². The first-order valence-electron chi connectivity index (χ1n) is 11.4. The lowest BCUT2D eigenvalue weighted by molar-refractivity contribution is -0.171. The standard InChI is InChI=1S/C23H32FNO8S/c1-3-5-6-15-11-16(24)7-8-18(15)25-34(30,31)19-9-10-23(12-17(19)21(28)29)32-20(13-26)22(4-2,14-27)33-23/h7-8,11-12,19-20,25-27H,3-6,9-10,13-14H2,1-2H3,(H,28,29)/t19?,20-,22-,23?/m0/s1. The number of aliphatic hydroxyl groups excluding tert-OH is 2. The summed E-state index contributed by atoms with van der Waals surface area (Å²) in [5, 5.41) is 28.0. The highest BCUT2D eigenvalue weighted by Crippen LogP contribution is 2.46. The topological polar surface area (TPSA) is 142 Å². The highest BCUT2D eigenvalue weighted by Gasteiger charge is 2.57. The summed E-state index contributed by atoms with van der Waals surface area (Å²) in [5.41, 5.74) is -0.972. The van der Waals surface area contributed by atoms with E-state index in [0.717, 1.165) is 25.0 Å². The third-order valence-corrected chi connectivity index (χ3v) is 8.30. The van der Waals surface area contributed by atoms with Gasteiger partial charge in [-0.2, -0.15) is 0 Å². The summed E-state index contributed by atoms with van der Waals surface area (Å²) in [5.74, 6) is -3.52. The number of ether oxygens (including phenoxy) is 2. The molecule has 1 aromatic carbocycles. The number of aryl methyl sites for hydroxylation is 1. The van der Waals surface area contributed by atoms with Crippen LogP contribution in [-0.4, -0.2) is 65.7 Å². The van der Waals surface area contributed by atoms with Crippen LogP contribution in [0.2, 0.25) is 0 Å². The minimum Gasteiger partial charge on any atom is -0.478 e. The minimum absolute atomic E-state index is 0.000281. The Kier molecular flexibility index (Phi) is 8.03. The van der Waals surface area contributed by atoms with E-state index in [1.165, 1.54) is 12.1 Å². The van der Waals surface area contributed by atoms with Gasteiger partial charge in [0.1, 0.15) is 22.8 Å². The number of hydrogen-bond acceptors (Lipinski definition) is 7. The van der Waals surface area contributed by atoms with Gasteiger partial charge in [-0.05, 0) is 55.5 Å². The van der Waals surface area contributed by atoms with Gasteiger partial charge in [0, 0.05) is 6.42 Å². The zero-order chi connectivity index (χ0) is 25.1. The predicted molar refractivity (Wildman–Crippen MR) is 122 cm³/mol. The molecular formula is C23H32FNO8S. The van der Waals surface area contributed by atoms with E-state index >= 15 is 0 Å². The van der Waals surface area contributed by atoms with Crippen LogP contribution in [0.5, 0.6) is 0 Å². The van der Waals surface area contributed by atoms with E-state index in [0.29, 0.717) is 18.4 Å². The molecule has 11 heteroatoms. The van der Waals surface area contributed by atoms with Crippen molar-refractivity contribution in [3.63, 3.8) is 0 Å². The zero-order valence-corrected chi connectivity index (χ0v) is 20.1. The van der Waals surface area contributed by atoms with E-state index < -0.39 is 63.3 Å². The van der Waals surface area contributed by atoms with Crippen LogP contribution in [0.4, 0.5) is 10.1 Å². The van der Waals surface area contributed by atoms with Crippen LogP contribution in [0, 0.1) is 5.82 Å². The Morgan fingerprint density at radius 2 is 2.03 bits per heavy atom. The number of carboxylic acids is 1. The molecule has 1 fully saturated rings. The zero-order valence-electron chi connectivity index (χ0n) is 19.3. The molecule has 2 aliphatic rings. The van der Waals surface area contributed by atoms with Crippen LogP contribution in [-0.2, 0) is 30.7 Å². The van der Waals surface area contributed by atoms with E-state index in [9.17, 15) is 32.9 Å². The number of nitrogens with one attached hydrogen (secondary N) is 1. The Morgan fingerprint density at radius 1 is 1.29 bits per heavy atom. The average Bonchev–Trinajstić information content (AvgIpc) is 3.12. The second-order valence-corrected chi connectivity index (χ2v) is 10.6. The molecule has 190 valence electrons. The normalized spacial score (nSPS) is 29.3. The number of rotatable bonds is 10. The highest BCUT2D eigenvalue weighted by molar-refractivity contribution is 7.93. The molecule has 0 saturated carbocycles. The fourth-order valence-corrected chi connectivity index (χ4v) is 6.16. The van der Waals surface area contributed by atoms with Crippen LogP contribution >= 0.6 is 0 Å². The molecule has 4 N–H and O–H groups in total. The Hall–Kier alpha value is -2.05. The predicted octanol–water partition coefficient (Wildman–Crippen LogP) is 2.33. The summed E-state index contributed by atoms with van der Waals surface area (Å²) >= 11 is 0. The van der Waals surface area contributed by atoms with Crippen molar-refractivity contribution in [1.82, 2.24) is 0 Å². The molecule has 0 bridgehead atoms. The molecule has 2 unspecified atom stereocenters. The van der Waals surface area contributed by atoms with Gasteiger partial charge < -0.3 is 24.8 Å². The maximum Gasteiger partial charge on any atom is 0.332 e. The summed E-state index contributed by atoms with van der Waals surface area (Å²) < 4.78 is 54.6. The van der Waals surface area contributed by atoms with Crippen molar-refractivity contribution >= 4 is 21.7 Å². The number of hydrogen-bond donors (Lipinski definition) is 4. The number of benzene rings is 1. The molecule has 1 aliphatic heterocycles. The van der Waals surface area contributed by atoms with E-state index in [1.807, 2.05) is 6.92 Å². The molecule has 0 radical (unpaired) electrons. The van der Waals surface area contributed by atoms with E-state index in [2.05, 4.69) is 4.72 Å². The molecule has 1 spiro atoms. The van der Waals surface area contributed by atoms with Crippen molar-refractivity contribution in [2.75, 3.05) is 17.9 Å². The lowest BCUT2D eigenvalue weighted by Crippen LogP contribution is -2.46. The van der Waals surface area contributed by atoms with Gasteiger partial charge in [0.2, 0.25) is 10.0 Å². The van der Waals surface area contributed by atoms with Crippen molar-refractivity contribution in [1.29, 1.82) is 0 Å². The van der Waals surface area contributed by atoms with Crippen LogP contribution in [0.3, 0.4) is 0 Å². The Morgan fingerprint density at radius 3 is 2.59 bits per heavy atom. The lowest BCUT2D eigenvalue weighted by Gasteiger charge is -2.34.